The number of hydrogen-bond donors (Lipinski definition) is 2. The second-order valence-corrected chi connectivity index (χ2v) is 4.75. The normalized spacial score (nSPS) is 14.4. The van der Waals surface area contributed by atoms with Crippen LogP contribution < -0.4 is 22.3 Å². The Kier molecular flexibility index (Phi) is 4.16. The van der Waals surface area contributed by atoms with Crippen molar-refractivity contribution >= 4 is 5.91 Å². The summed E-state index contributed by atoms with van der Waals surface area (Å²) >= 11 is 0. The van der Waals surface area contributed by atoms with E-state index in [2.05, 4.69) is 5.32 Å². The third-order valence-corrected chi connectivity index (χ3v) is 3.09. The van der Waals surface area contributed by atoms with Crippen molar-refractivity contribution in [1.29, 1.82) is 0 Å². The van der Waals surface area contributed by atoms with E-state index in [1.165, 1.54) is 16.8 Å². The van der Waals surface area contributed by atoms with Gasteiger partial charge in [-0.05, 0) is 18.8 Å². The summed E-state index contributed by atoms with van der Waals surface area (Å²) < 4.78 is 2.26. The molecule has 0 aromatic carbocycles. The molecule has 0 aliphatic heterocycles. The summed E-state index contributed by atoms with van der Waals surface area (Å²) in [5.74, 6) is 0.374. The van der Waals surface area contributed by atoms with Crippen molar-refractivity contribution in [2.75, 3.05) is 13.1 Å². The second-order valence-electron chi connectivity index (χ2n) is 4.75. The van der Waals surface area contributed by atoms with E-state index in [1.54, 1.807) is 0 Å². The van der Waals surface area contributed by atoms with Gasteiger partial charge in [-0.3, -0.25) is 18.7 Å². The number of carbonyl (C=O) groups is 1. The zero-order chi connectivity index (χ0) is 13.8. The molecule has 7 heteroatoms. The Morgan fingerprint density at radius 3 is 2.79 bits per heavy atom. The summed E-state index contributed by atoms with van der Waals surface area (Å²) in [6.07, 6.45) is 3.65. The van der Waals surface area contributed by atoms with Crippen molar-refractivity contribution in [3.8, 4) is 0 Å². The van der Waals surface area contributed by atoms with Gasteiger partial charge in [0.1, 0.15) is 6.54 Å². The van der Waals surface area contributed by atoms with Crippen molar-refractivity contribution in [3.63, 3.8) is 0 Å². The maximum Gasteiger partial charge on any atom is 0.331 e. The van der Waals surface area contributed by atoms with E-state index in [1.807, 2.05) is 0 Å². The van der Waals surface area contributed by atoms with Crippen LogP contribution in [0.15, 0.2) is 21.9 Å². The number of nitrogens with zero attached hydrogens (tertiary/aromatic N) is 2. The van der Waals surface area contributed by atoms with Crippen LogP contribution in [0.4, 0.5) is 0 Å². The average Bonchev–Trinajstić information content (AvgIpc) is 3.20. The van der Waals surface area contributed by atoms with Crippen LogP contribution in [0.25, 0.3) is 0 Å². The molecular weight excluding hydrogens is 248 g/mol. The van der Waals surface area contributed by atoms with E-state index in [0.717, 1.165) is 17.4 Å². The summed E-state index contributed by atoms with van der Waals surface area (Å²) in [6.45, 7) is 0.946. The van der Waals surface area contributed by atoms with Crippen LogP contribution in [0.1, 0.15) is 12.8 Å². The summed E-state index contributed by atoms with van der Waals surface area (Å²) in [5, 5.41) is 2.78. The maximum atomic E-state index is 12.0. The lowest BCUT2D eigenvalue weighted by molar-refractivity contribution is -0.121. The number of nitrogens with two attached hydrogens (primary N) is 1. The first-order chi connectivity index (χ1) is 9.11. The molecule has 1 heterocycles. The van der Waals surface area contributed by atoms with E-state index >= 15 is 0 Å². The Morgan fingerprint density at radius 1 is 1.42 bits per heavy atom. The minimum atomic E-state index is -0.500. The molecule has 1 fully saturated rings. The number of nitrogens with one attached hydrogen (secondary N) is 1. The largest absolute Gasteiger partial charge is 0.354 e. The van der Waals surface area contributed by atoms with Gasteiger partial charge in [0.05, 0.1) is 0 Å². The van der Waals surface area contributed by atoms with E-state index in [0.29, 0.717) is 12.5 Å². The van der Waals surface area contributed by atoms with Crippen molar-refractivity contribution < 1.29 is 4.79 Å². The predicted molar refractivity (Wildman–Crippen MR) is 69.8 cm³/mol. The average molecular weight is 266 g/mol. The SMILES string of the molecule is NCCn1c(=O)ccn(CC(=O)NCC2CC2)c1=O. The van der Waals surface area contributed by atoms with Gasteiger partial charge in [-0.1, -0.05) is 0 Å². The molecule has 3 N–H and O–H groups in total. The van der Waals surface area contributed by atoms with Crippen molar-refractivity contribution in [1.82, 2.24) is 14.5 Å². The molecule has 1 saturated carbocycles. The fraction of sp³-hybridized carbons (Fsp3) is 0.583. The monoisotopic (exact) mass is 266 g/mol. The number of hydrogen-bond acceptors (Lipinski definition) is 4. The molecule has 2 rings (SSSR count). The number of carbonyl (C=O) groups excluding carboxylic acids is 1. The van der Waals surface area contributed by atoms with Crippen LogP contribution >= 0.6 is 0 Å². The van der Waals surface area contributed by atoms with E-state index in [9.17, 15) is 14.4 Å². The fourth-order valence-corrected chi connectivity index (χ4v) is 1.80. The van der Waals surface area contributed by atoms with Gasteiger partial charge in [-0.25, -0.2) is 4.79 Å². The number of rotatable bonds is 6. The van der Waals surface area contributed by atoms with Gasteiger partial charge in [-0.15, -0.1) is 0 Å². The van der Waals surface area contributed by atoms with Crippen LogP contribution in [-0.2, 0) is 17.9 Å². The Morgan fingerprint density at radius 2 is 2.16 bits per heavy atom. The summed E-state index contributed by atoms with van der Waals surface area (Å²) in [4.78, 5) is 35.1. The highest BCUT2D eigenvalue weighted by atomic mass is 16.2. The lowest BCUT2D eigenvalue weighted by Gasteiger charge is -2.09. The molecular formula is C12H18N4O3. The van der Waals surface area contributed by atoms with Gasteiger partial charge in [0.15, 0.2) is 0 Å². The summed E-state index contributed by atoms with van der Waals surface area (Å²) in [5.41, 5.74) is 4.45. The smallest absolute Gasteiger partial charge is 0.331 e. The minimum Gasteiger partial charge on any atom is -0.354 e. The van der Waals surface area contributed by atoms with E-state index in [-0.39, 0.29) is 25.5 Å². The quantitative estimate of drug-likeness (QED) is 0.654. The molecule has 0 bridgehead atoms. The Hall–Kier alpha value is -1.89. The first-order valence-electron chi connectivity index (χ1n) is 6.39. The van der Waals surface area contributed by atoms with Gasteiger partial charge >= 0.3 is 5.69 Å². The van der Waals surface area contributed by atoms with Crippen LogP contribution in [0.3, 0.4) is 0 Å². The zero-order valence-electron chi connectivity index (χ0n) is 10.7. The van der Waals surface area contributed by atoms with E-state index in [4.69, 9.17) is 5.73 Å². The first kappa shape index (κ1) is 13.5. The van der Waals surface area contributed by atoms with Gasteiger partial charge < -0.3 is 11.1 Å². The fourth-order valence-electron chi connectivity index (χ4n) is 1.80. The maximum absolute atomic E-state index is 12.0. The standard InChI is InChI=1S/C12H18N4O3/c13-4-6-16-11(18)3-5-15(12(16)19)8-10(17)14-7-9-1-2-9/h3,5,9H,1-2,4,6-8,13H2,(H,14,17). The summed E-state index contributed by atoms with van der Waals surface area (Å²) in [6, 6.07) is 1.27. The molecule has 1 amide bonds. The molecule has 19 heavy (non-hydrogen) atoms. The third kappa shape index (κ3) is 3.54. The molecule has 0 spiro atoms. The van der Waals surface area contributed by atoms with Crippen molar-refractivity contribution in [2.45, 2.75) is 25.9 Å². The number of amides is 1. The van der Waals surface area contributed by atoms with Gasteiger partial charge in [0, 0.05) is 31.9 Å². The molecule has 1 aromatic heterocycles. The Balaban J connectivity index is 2.06. The third-order valence-electron chi connectivity index (χ3n) is 3.09. The molecule has 7 nitrogen and oxygen atoms in total. The first-order valence-corrected chi connectivity index (χ1v) is 6.39. The predicted octanol–water partition coefficient (Wildman–Crippen LogP) is -1.51. The highest BCUT2D eigenvalue weighted by molar-refractivity contribution is 5.75. The summed E-state index contributed by atoms with van der Waals surface area (Å²) in [7, 11) is 0. The van der Waals surface area contributed by atoms with Crippen LogP contribution in [-0.4, -0.2) is 28.1 Å². The molecule has 0 radical (unpaired) electrons. The second kappa shape index (κ2) is 5.83. The lowest BCUT2D eigenvalue weighted by atomic mass is 10.4. The molecule has 1 aliphatic carbocycles. The van der Waals surface area contributed by atoms with E-state index < -0.39 is 11.2 Å². The molecule has 1 aromatic rings. The topological polar surface area (TPSA) is 99.1 Å². The Labute approximate surface area is 110 Å². The van der Waals surface area contributed by atoms with Gasteiger partial charge in [0.25, 0.3) is 5.56 Å². The highest BCUT2D eigenvalue weighted by Crippen LogP contribution is 2.27. The van der Waals surface area contributed by atoms with Crippen molar-refractivity contribution in [2.24, 2.45) is 11.7 Å². The van der Waals surface area contributed by atoms with Crippen LogP contribution in [0.5, 0.6) is 0 Å². The molecule has 0 unspecified atom stereocenters. The number of aromatic nitrogens is 2. The zero-order valence-corrected chi connectivity index (χ0v) is 10.7. The molecule has 0 saturated heterocycles. The highest BCUT2D eigenvalue weighted by Gasteiger charge is 2.21. The lowest BCUT2D eigenvalue weighted by Crippen LogP contribution is -2.42. The van der Waals surface area contributed by atoms with Gasteiger partial charge in [-0.2, -0.15) is 0 Å². The molecule has 1 aliphatic rings. The van der Waals surface area contributed by atoms with Crippen LogP contribution in [0.2, 0.25) is 0 Å². The Bertz CT molecular complexity index is 571. The molecule has 0 atom stereocenters. The minimum absolute atomic E-state index is 0.0730. The molecule has 104 valence electrons. The van der Waals surface area contributed by atoms with Crippen LogP contribution in [0, 0.1) is 5.92 Å². The van der Waals surface area contributed by atoms with Gasteiger partial charge in [0.2, 0.25) is 5.91 Å². The van der Waals surface area contributed by atoms with Crippen molar-refractivity contribution in [3.05, 3.63) is 33.1 Å².